The predicted octanol–water partition coefficient (Wildman–Crippen LogP) is 5.60. The summed E-state index contributed by atoms with van der Waals surface area (Å²) in [5, 5.41) is 11.8. The average Bonchev–Trinajstić information content (AvgIpc) is 3.41. The Morgan fingerprint density at radius 2 is 1.85 bits per heavy atom. The zero-order valence-corrected chi connectivity index (χ0v) is 19.6. The van der Waals surface area contributed by atoms with E-state index in [1.807, 2.05) is 25.1 Å². The van der Waals surface area contributed by atoms with Crippen molar-refractivity contribution < 1.29 is 19.1 Å². The Kier molecular flexibility index (Phi) is 5.10. The molecule has 1 atom stereocenters. The molecule has 0 saturated heterocycles. The van der Waals surface area contributed by atoms with E-state index in [4.69, 9.17) is 0 Å². The van der Waals surface area contributed by atoms with Crippen LogP contribution in [0.4, 0.5) is 9.52 Å². The third-order valence-electron chi connectivity index (χ3n) is 5.50. The number of aliphatic hydroxyl groups is 1. The maximum absolute atomic E-state index is 15.0. The fourth-order valence-corrected chi connectivity index (χ4v) is 5.98. The Balaban J connectivity index is 1.71. The van der Waals surface area contributed by atoms with Crippen LogP contribution in [0.15, 0.2) is 53.8 Å². The van der Waals surface area contributed by atoms with Gasteiger partial charge in [0, 0.05) is 5.56 Å². The molecule has 0 spiro atoms. The van der Waals surface area contributed by atoms with Crippen LogP contribution in [0.25, 0.3) is 10.2 Å². The minimum atomic E-state index is -1.16. The third kappa shape index (κ3) is 3.44. The molecule has 33 heavy (non-hydrogen) atoms. The van der Waals surface area contributed by atoms with E-state index >= 15 is 0 Å². The number of aliphatic hydroxyl groups excluding tert-OH is 1. The van der Waals surface area contributed by atoms with Crippen molar-refractivity contribution in [2.24, 2.45) is 0 Å². The first-order valence-electron chi connectivity index (χ1n) is 10.1. The van der Waals surface area contributed by atoms with Gasteiger partial charge in [-0.25, -0.2) is 14.4 Å². The maximum atomic E-state index is 15.0. The van der Waals surface area contributed by atoms with Gasteiger partial charge in [0.2, 0.25) is 5.78 Å². The highest BCUT2D eigenvalue weighted by atomic mass is 32.1. The van der Waals surface area contributed by atoms with Crippen LogP contribution in [0.1, 0.15) is 37.5 Å². The summed E-state index contributed by atoms with van der Waals surface area (Å²) in [5.41, 5.74) is 2.13. The number of hydrogen-bond acceptors (Lipinski definition) is 7. The molecule has 0 saturated carbocycles. The molecule has 2 aromatic carbocycles. The topological polar surface area (TPSA) is 83.4 Å². The molecule has 4 aromatic rings. The number of carbonyl (C=O) groups is 2. The molecule has 3 heterocycles. The van der Waals surface area contributed by atoms with Crippen molar-refractivity contribution in [2.75, 3.05) is 4.90 Å². The Morgan fingerprint density at radius 1 is 1.09 bits per heavy atom. The molecule has 0 aliphatic carbocycles. The summed E-state index contributed by atoms with van der Waals surface area (Å²) in [6.45, 7) is 5.41. The van der Waals surface area contributed by atoms with Crippen LogP contribution >= 0.6 is 22.7 Å². The number of anilines is 1. The maximum Gasteiger partial charge on any atom is 0.296 e. The van der Waals surface area contributed by atoms with Crippen LogP contribution in [0, 0.1) is 26.6 Å². The Labute approximate surface area is 196 Å². The summed E-state index contributed by atoms with van der Waals surface area (Å²) in [7, 11) is 0. The minimum Gasteiger partial charge on any atom is -0.503 e. The lowest BCUT2D eigenvalue weighted by atomic mass is 9.95. The van der Waals surface area contributed by atoms with Crippen molar-refractivity contribution in [1.29, 1.82) is 0 Å². The lowest BCUT2D eigenvalue weighted by Gasteiger charge is -2.24. The second-order valence-electron chi connectivity index (χ2n) is 7.81. The number of Topliss-reactive ketones (excluding diaryl/α,β-unsaturated/α-hetero) is 1. The van der Waals surface area contributed by atoms with Crippen LogP contribution in [0.5, 0.6) is 0 Å². The number of halogens is 1. The number of aromatic nitrogens is 2. The zero-order valence-electron chi connectivity index (χ0n) is 17.9. The van der Waals surface area contributed by atoms with Gasteiger partial charge in [0.15, 0.2) is 10.9 Å². The number of benzene rings is 2. The third-order valence-corrected chi connectivity index (χ3v) is 7.59. The fourth-order valence-electron chi connectivity index (χ4n) is 4.01. The van der Waals surface area contributed by atoms with E-state index in [0.29, 0.717) is 21.1 Å². The molecule has 1 aliphatic rings. The molecular formula is C24H18FN3O3S2. The van der Waals surface area contributed by atoms with E-state index < -0.39 is 29.3 Å². The first-order valence-corrected chi connectivity index (χ1v) is 11.8. The summed E-state index contributed by atoms with van der Waals surface area (Å²) in [5.74, 6) is -2.62. The highest BCUT2D eigenvalue weighted by Crippen LogP contribution is 2.45. The molecule has 1 N–H and O–H groups in total. The summed E-state index contributed by atoms with van der Waals surface area (Å²) in [4.78, 5) is 37.2. The Hall–Kier alpha value is -3.43. The summed E-state index contributed by atoms with van der Waals surface area (Å²) >= 11 is 2.42. The number of nitrogens with zero attached hydrogens (tertiary/aromatic N) is 3. The normalized spacial score (nSPS) is 16.3. The number of hydrogen-bond donors (Lipinski definition) is 1. The monoisotopic (exact) mass is 479 g/mol. The van der Waals surface area contributed by atoms with Crippen LogP contribution in [0.2, 0.25) is 0 Å². The summed E-state index contributed by atoms with van der Waals surface area (Å²) in [6, 6.07) is 10.5. The molecule has 1 unspecified atom stereocenters. The van der Waals surface area contributed by atoms with Gasteiger partial charge in [-0.15, -0.1) is 11.3 Å². The quantitative estimate of drug-likeness (QED) is 0.385. The second kappa shape index (κ2) is 7.86. The number of rotatable bonds is 4. The number of amides is 1. The molecule has 0 fully saturated rings. The predicted molar refractivity (Wildman–Crippen MR) is 127 cm³/mol. The molecule has 1 aliphatic heterocycles. The largest absolute Gasteiger partial charge is 0.503 e. The molecule has 5 rings (SSSR count). The van der Waals surface area contributed by atoms with E-state index in [9.17, 15) is 19.1 Å². The fraction of sp³-hybridized carbons (Fsp3) is 0.167. The van der Waals surface area contributed by atoms with Gasteiger partial charge in [-0.1, -0.05) is 35.6 Å². The lowest BCUT2D eigenvalue weighted by Crippen LogP contribution is -2.31. The van der Waals surface area contributed by atoms with E-state index in [1.165, 1.54) is 45.8 Å². The molecule has 0 bridgehead atoms. The van der Waals surface area contributed by atoms with E-state index in [0.717, 1.165) is 10.3 Å². The molecule has 166 valence electrons. The molecular weight excluding hydrogens is 461 g/mol. The van der Waals surface area contributed by atoms with Crippen molar-refractivity contribution in [3.8, 4) is 0 Å². The van der Waals surface area contributed by atoms with Crippen molar-refractivity contribution in [2.45, 2.75) is 26.8 Å². The standard InChI is InChI=1S/C24H18FN3O3S2/c1-11-8-9-16-17(10-11)33-24(27-16)28-19(14-6-4-5-7-15(14)25)18(21(30)23(28)31)20(29)22-12(2)26-13(3)32-22/h4-10,19,30H,1-3H3. The SMILES string of the molecule is Cc1ccc2nc(N3C(=O)C(O)=C(C(=O)c4sc(C)nc4C)C3c3ccccc3F)sc2c1. The molecule has 6 nitrogen and oxygen atoms in total. The number of thiazole rings is 2. The van der Waals surface area contributed by atoms with Crippen LogP contribution in [-0.4, -0.2) is 26.8 Å². The first-order chi connectivity index (χ1) is 15.8. The number of carbonyl (C=O) groups excluding carboxylic acids is 2. The lowest BCUT2D eigenvalue weighted by molar-refractivity contribution is -0.117. The molecule has 0 radical (unpaired) electrons. The average molecular weight is 480 g/mol. The van der Waals surface area contributed by atoms with Gasteiger partial charge in [-0.2, -0.15) is 0 Å². The minimum absolute atomic E-state index is 0.104. The van der Waals surface area contributed by atoms with Crippen LogP contribution in [-0.2, 0) is 4.79 Å². The van der Waals surface area contributed by atoms with Gasteiger partial charge in [-0.05, 0) is 44.5 Å². The molecule has 1 amide bonds. The first kappa shape index (κ1) is 21.4. The highest BCUT2D eigenvalue weighted by Gasteiger charge is 2.47. The van der Waals surface area contributed by atoms with Gasteiger partial charge < -0.3 is 5.11 Å². The van der Waals surface area contributed by atoms with Crippen molar-refractivity contribution in [3.05, 3.63) is 86.3 Å². The highest BCUT2D eigenvalue weighted by molar-refractivity contribution is 7.22. The van der Waals surface area contributed by atoms with Gasteiger partial charge in [-0.3, -0.25) is 14.5 Å². The van der Waals surface area contributed by atoms with Crippen molar-refractivity contribution >= 4 is 49.7 Å². The van der Waals surface area contributed by atoms with E-state index in [-0.39, 0.29) is 16.3 Å². The van der Waals surface area contributed by atoms with Gasteiger partial charge in [0.05, 0.1) is 31.4 Å². The molecule has 9 heteroatoms. The van der Waals surface area contributed by atoms with Gasteiger partial charge in [0.25, 0.3) is 5.91 Å². The Morgan fingerprint density at radius 3 is 2.55 bits per heavy atom. The second-order valence-corrected chi connectivity index (χ2v) is 10.0. The number of ketones is 1. The van der Waals surface area contributed by atoms with Crippen LogP contribution < -0.4 is 4.90 Å². The van der Waals surface area contributed by atoms with Gasteiger partial charge >= 0.3 is 0 Å². The summed E-state index contributed by atoms with van der Waals surface area (Å²) < 4.78 is 15.8. The van der Waals surface area contributed by atoms with E-state index in [1.54, 1.807) is 19.9 Å². The summed E-state index contributed by atoms with van der Waals surface area (Å²) in [6.07, 6.45) is 0. The van der Waals surface area contributed by atoms with Crippen molar-refractivity contribution in [1.82, 2.24) is 9.97 Å². The van der Waals surface area contributed by atoms with Gasteiger partial charge in [0.1, 0.15) is 11.9 Å². The zero-order chi connectivity index (χ0) is 23.4. The number of aryl methyl sites for hydroxylation is 3. The van der Waals surface area contributed by atoms with E-state index in [2.05, 4.69) is 9.97 Å². The number of fused-ring (bicyclic) bond motifs is 1. The van der Waals surface area contributed by atoms with Crippen molar-refractivity contribution in [3.63, 3.8) is 0 Å². The Bertz CT molecular complexity index is 1490. The molecule has 2 aromatic heterocycles. The smallest absolute Gasteiger partial charge is 0.296 e. The van der Waals surface area contributed by atoms with Crippen LogP contribution in [0.3, 0.4) is 0 Å².